The van der Waals surface area contributed by atoms with Gasteiger partial charge in [-0.1, -0.05) is 17.7 Å². The standard InChI is InChI=1S/C19H17NO2/c1-12-4-3-5-16(21)18(12)19-15-8-6-13(11-20)10-14(15)7-9-17(19)22-2/h6-10H,3-5H2,1-2H3. The van der Waals surface area contributed by atoms with E-state index in [1.807, 2.05) is 31.2 Å². The molecule has 0 saturated heterocycles. The highest BCUT2D eigenvalue weighted by molar-refractivity contribution is 6.26. The van der Waals surface area contributed by atoms with Gasteiger partial charge in [-0.15, -0.1) is 0 Å². The van der Waals surface area contributed by atoms with Gasteiger partial charge in [-0.2, -0.15) is 5.26 Å². The molecular formula is C19H17NO2. The molecule has 1 aliphatic carbocycles. The average molecular weight is 291 g/mol. The third-order valence-electron chi connectivity index (χ3n) is 4.24. The molecule has 0 aliphatic heterocycles. The predicted octanol–water partition coefficient (Wildman–Crippen LogP) is 4.25. The lowest BCUT2D eigenvalue weighted by Crippen LogP contribution is -2.11. The molecule has 22 heavy (non-hydrogen) atoms. The Bertz CT molecular complexity index is 840. The summed E-state index contributed by atoms with van der Waals surface area (Å²) in [5.74, 6) is 0.890. The van der Waals surface area contributed by atoms with Gasteiger partial charge in [0.2, 0.25) is 0 Å². The lowest BCUT2D eigenvalue weighted by Gasteiger charge is -2.20. The summed E-state index contributed by atoms with van der Waals surface area (Å²) in [5.41, 5.74) is 3.39. The number of ether oxygens (including phenoxy) is 1. The Hall–Kier alpha value is -2.60. The number of carbonyl (C=O) groups is 1. The van der Waals surface area contributed by atoms with E-state index in [0.717, 1.165) is 40.3 Å². The lowest BCUT2D eigenvalue weighted by molar-refractivity contribution is -0.114. The first-order valence-electron chi connectivity index (χ1n) is 7.40. The van der Waals surface area contributed by atoms with Gasteiger partial charge in [-0.3, -0.25) is 4.79 Å². The summed E-state index contributed by atoms with van der Waals surface area (Å²) in [7, 11) is 1.62. The minimum absolute atomic E-state index is 0.180. The third kappa shape index (κ3) is 2.27. The summed E-state index contributed by atoms with van der Waals surface area (Å²) in [6, 6.07) is 11.5. The first-order chi connectivity index (χ1) is 10.7. The predicted molar refractivity (Wildman–Crippen MR) is 86.7 cm³/mol. The lowest BCUT2D eigenvalue weighted by atomic mass is 9.84. The second-order valence-corrected chi connectivity index (χ2v) is 5.62. The van der Waals surface area contributed by atoms with Crippen molar-refractivity contribution in [2.24, 2.45) is 0 Å². The molecular weight excluding hydrogens is 274 g/mol. The van der Waals surface area contributed by atoms with Crippen LogP contribution in [0, 0.1) is 11.3 Å². The average Bonchev–Trinajstić information content (AvgIpc) is 2.54. The van der Waals surface area contributed by atoms with Crippen molar-refractivity contribution in [3.63, 3.8) is 0 Å². The Morgan fingerprint density at radius 1 is 1.18 bits per heavy atom. The van der Waals surface area contributed by atoms with Crippen LogP contribution in [-0.2, 0) is 4.79 Å². The van der Waals surface area contributed by atoms with Gasteiger partial charge in [-0.25, -0.2) is 0 Å². The van der Waals surface area contributed by atoms with E-state index < -0.39 is 0 Å². The molecule has 0 unspecified atom stereocenters. The molecule has 2 aromatic rings. The molecule has 0 aromatic heterocycles. The molecule has 0 atom stereocenters. The van der Waals surface area contributed by atoms with E-state index in [1.165, 1.54) is 0 Å². The highest BCUT2D eigenvalue weighted by Crippen LogP contribution is 2.39. The van der Waals surface area contributed by atoms with Crippen molar-refractivity contribution >= 4 is 22.1 Å². The summed E-state index contributed by atoms with van der Waals surface area (Å²) in [5, 5.41) is 11.0. The largest absolute Gasteiger partial charge is 0.496 e. The van der Waals surface area contributed by atoms with Crippen LogP contribution in [0.5, 0.6) is 5.75 Å². The van der Waals surface area contributed by atoms with Crippen LogP contribution in [0.2, 0.25) is 0 Å². The monoisotopic (exact) mass is 291 g/mol. The maximum absolute atomic E-state index is 12.5. The molecule has 1 aliphatic rings. The summed E-state index contributed by atoms with van der Waals surface area (Å²) < 4.78 is 5.51. The minimum atomic E-state index is 0.180. The van der Waals surface area contributed by atoms with Crippen molar-refractivity contribution in [1.82, 2.24) is 0 Å². The second kappa shape index (κ2) is 5.65. The smallest absolute Gasteiger partial charge is 0.163 e. The number of ketones is 1. The van der Waals surface area contributed by atoms with Crippen LogP contribution in [0.25, 0.3) is 16.3 Å². The highest BCUT2D eigenvalue weighted by atomic mass is 16.5. The third-order valence-corrected chi connectivity index (χ3v) is 4.24. The van der Waals surface area contributed by atoms with E-state index in [0.29, 0.717) is 17.7 Å². The van der Waals surface area contributed by atoms with Crippen molar-refractivity contribution in [3.8, 4) is 11.8 Å². The van der Waals surface area contributed by atoms with Gasteiger partial charge in [0.15, 0.2) is 5.78 Å². The molecule has 0 heterocycles. The number of rotatable bonds is 2. The highest BCUT2D eigenvalue weighted by Gasteiger charge is 2.24. The van der Waals surface area contributed by atoms with E-state index >= 15 is 0 Å². The number of nitriles is 1. The Morgan fingerprint density at radius 3 is 2.68 bits per heavy atom. The quantitative estimate of drug-likeness (QED) is 0.831. The molecule has 3 heteroatoms. The number of nitrogens with zero attached hydrogens (tertiary/aromatic N) is 1. The van der Waals surface area contributed by atoms with Crippen LogP contribution >= 0.6 is 0 Å². The summed E-state index contributed by atoms with van der Waals surface area (Å²) >= 11 is 0. The van der Waals surface area contributed by atoms with Crippen LogP contribution < -0.4 is 4.74 Å². The van der Waals surface area contributed by atoms with Crippen molar-refractivity contribution in [2.45, 2.75) is 26.2 Å². The molecule has 0 N–H and O–H groups in total. The van der Waals surface area contributed by atoms with Crippen LogP contribution in [0.4, 0.5) is 0 Å². The molecule has 3 rings (SSSR count). The van der Waals surface area contributed by atoms with E-state index in [9.17, 15) is 4.79 Å². The van der Waals surface area contributed by atoms with Crippen LogP contribution in [0.3, 0.4) is 0 Å². The van der Waals surface area contributed by atoms with Crippen LogP contribution in [0.15, 0.2) is 35.9 Å². The Labute approximate surface area is 129 Å². The van der Waals surface area contributed by atoms with E-state index in [4.69, 9.17) is 10.00 Å². The fourth-order valence-corrected chi connectivity index (χ4v) is 3.16. The number of fused-ring (bicyclic) bond motifs is 1. The molecule has 3 nitrogen and oxygen atoms in total. The van der Waals surface area contributed by atoms with E-state index in [1.54, 1.807) is 13.2 Å². The molecule has 0 radical (unpaired) electrons. The minimum Gasteiger partial charge on any atom is -0.496 e. The van der Waals surface area contributed by atoms with Gasteiger partial charge in [0, 0.05) is 17.6 Å². The maximum atomic E-state index is 12.5. The van der Waals surface area contributed by atoms with E-state index in [2.05, 4.69) is 6.07 Å². The first-order valence-corrected chi connectivity index (χ1v) is 7.40. The Balaban J connectivity index is 2.36. The number of carbonyl (C=O) groups excluding carboxylic acids is 1. The SMILES string of the molecule is COc1ccc2cc(C#N)ccc2c1C1=C(C)CCCC1=O. The number of Topliss-reactive ketones (excluding diaryl/α,β-unsaturated/α-hetero) is 1. The molecule has 0 saturated carbocycles. The van der Waals surface area contributed by atoms with Crippen LogP contribution in [0.1, 0.15) is 37.3 Å². The van der Waals surface area contributed by atoms with Crippen molar-refractivity contribution in [1.29, 1.82) is 5.26 Å². The Kier molecular flexibility index (Phi) is 3.68. The number of methoxy groups -OCH3 is 1. The summed E-state index contributed by atoms with van der Waals surface area (Å²) in [6.45, 7) is 2.02. The number of hydrogen-bond donors (Lipinski definition) is 0. The van der Waals surface area contributed by atoms with Crippen molar-refractivity contribution in [3.05, 3.63) is 47.0 Å². The summed E-state index contributed by atoms with van der Waals surface area (Å²) in [6.07, 6.45) is 2.44. The second-order valence-electron chi connectivity index (χ2n) is 5.62. The van der Waals surface area contributed by atoms with Gasteiger partial charge >= 0.3 is 0 Å². The number of allylic oxidation sites excluding steroid dienone is 2. The molecule has 0 spiro atoms. The number of benzene rings is 2. The zero-order valence-corrected chi connectivity index (χ0v) is 12.8. The van der Waals surface area contributed by atoms with Gasteiger partial charge in [0.25, 0.3) is 0 Å². The summed E-state index contributed by atoms with van der Waals surface area (Å²) in [4.78, 5) is 12.5. The molecule has 0 bridgehead atoms. The fraction of sp³-hybridized carbons (Fsp3) is 0.263. The molecule has 2 aromatic carbocycles. The molecule has 110 valence electrons. The molecule has 0 amide bonds. The van der Waals surface area contributed by atoms with Gasteiger partial charge in [0.1, 0.15) is 5.75 Å². The maximum Gasteiger partial charge on any atom is 0.163 e. The topological polar surface area (TPSA) is 50.1 Å². The van der Waals surface area contributed by atoms with Crippen molar-refractivity contribution < 1.29 is 9.53 Å². The van der Waals surface area contributed by atoms with Gasteiger partial charge < -0.3 is 4.74 Å². The zero-order chi connectivity index (χ0) is 15.7. The zero-order valence-electron chi connectivity index (χ0n) is 12.8. The number of hydrogen-bond acceptors (Lipinski definition) is 3. The van der Waals surface area contributed by atoms with Gasteiger partial charge in [0.05, 0.1) is 18.7 Å². The first kappa shape index (κ1) is 14.3. The van der Waals surface area contributed by atoms with E-state index in [-0.39, 0.29) is 5.78 Å². The molecule has 0 fully saturated rings. The fourth-order valence-electron chi connectivity index (χ4n) is 3.16. The normalized spacial score (nSPS) is 15.0. The van der Waals surface area contributed by atoms with Crippen LogP contribution in [-0.4, -0.2) is 12.9 Å². The van der Waals surface area contributed by atoms with Gasteiger partial charge in [-0.05, 0) is 48.7 Å². The Morgan fingerprint density at radius 2 is 2.00 bits per heavy atom. The van der Waals surface area contributed by atoms with Crippen molar-refractivity contribution in [2.75, 3.05) is 7.11 Å².